The number of ether oxygens (including phenoxy) is 1. The number of benzene rings is 2. The molecule has 0 saturated heterocycles. The van der Waals surface area contributed by atoms with E-state index < -0.39 is 5.97 Å². The molecular formula is C13H14ClF4O2S. The molecule has 0 aliphatic carbocycles. The van der Waals surface area contributed by atoms with E-state index >= 15 is 0 Å². The molecule has 0 heterocycles. The standard InChI is InChI=1S/C13H9O2S.ClH.4FH/c14-13(10-6-2-1-3-7-10)15-11-8-4-5-9-12(11)16;;;;;/h1-9H;5*1H. The molecule has 0 fully saturated rings. The number of carbonyl (C=O) groups is 1. The molecule has 8 heteroatoms. The second kappa shape index (κ2) is 13.1. The summed E-state index contributed by atoms with van der Waals surface area (Å²) in [6.07, 6.45) is 0. The summed E-state index contributed by atoms with van der Waals surface area (Å²) in [5, 5.41) is 0. The highest BCUT2D eigenvalue weighted by molar-refractivity contribution is 7.80. The minimum absolute atomic E-state index is 0. The Hall–Kier alpha value is -1.86. The Morgan fingerprint density at radius 1 is 0.810 bits per heavy atom. The van der Waals surface area contributed by atoms with E-state index in [1.54, 1.807) is 42.5 Å². The maximum atomic E-state index is 11.7. The zero-order chi connectivity index (χ0) is 11.4. The van der Waals surface area contributed by atoms with Gasteiger partial charge in [-0.1, -0.05) is 43.0 Å². The summed E-state index contributed by atoms with van der Waals surface area (Å²) in [5.74, 6) is 0.0317. The van der Waals surface area contributed by atoms with Gasteiger partial charge in [-0.2, -0.15) is 0 Å². The summed E-state index contributed by atoms with van der Waals surface area (Å²) in [6, 6.07) is 15.8. The van der Waals surface area contributed by atoms with Gasteiger partial charge in [-0.3, -0.25) is 18.8 Å². The molecule has 2 rings (SSSR count). The summed E-state index contributed by atoms with van der Waals surface area (Å²) in [6.45, 7) is 0. The fourth-order valence-corrected chi connectivity index (χ4v) is 1.46. The van der Waals surface area contributed by atoms with Crippen LogP contribution in [0.25, 0.3) is 0 Å². The summed E-state index contributed by atoms with van der Waals surface area (Å²) in [5.41, 5.74) is 0.515. The van der Waals surface area contributed by atoms with Crippen LogP contribution in [-0.2, 0) is 0 Å². The lowest BCUT2D eigenvalue weighted by Crippen LogP contribution is -2.08. The van der Waals surface area contributed by atoms with Gasteiger partial charge in [0.15, 0.2) is 0 Å². The Balaban J connectivity index is -0.000000289. The van der Waals surface area contributed by atoms with Gasteiger partial charge in [0.1, 0.15) is 5.75 Å². The van der Waals surface area contributed by atoms with Crippen LogP contribution in [0.4, 0.5) is 18.8 Å². The Bertz CT molecular complexity index is 515. The van der Waals surface area contributed by atoms with Crippen molar-refractivity contribution in [2.24, 2.45) is 0 Å². The van der Waals surface area contributed by atoms with Crippen molar-refractivity contribution in [3.8, 4) is 5.75 Å². The van der Waals surface area contributed by atoms with Gasteiger partial charge in [-0.05, 0) is 24.3 Å². The van der Waals surface area contributed by atoms with Crippen LogP contribution in [0.1, 0.15) is 10.4 Å². The molecule has 0 spiro atoms. The predicted octanol–water partition coefficient (Wildman–Crippen LogP) is 4.49. The minimum Gasteiger partial charge on any atom is -0.421 e. The van der Waals surface area contributed by atoms with Gasteiger partial charge < -0.3 is 4.74 Å². The lowest BCUT2D eigenvalue weighted by molar-refractivity contribution is 0.0730. The first-order valence-corrected chi connectivity index (χ1v) is 5.21. The van der Waals surface area contributed by atoms with E-state index in [1.807, 2.05) is 12.1 Å². The number of carbonyl (C=O) groups excluding carboxylic acids is 1. The van der Waals surface area contributed by atoms with Crippen molar-refractivity contribution in [1.82, 2.24) is 0 Å². The normalized spacial score (nSPS) is 7.43. The van der Waals surface area contributed by atoms with Gasteiger partial charge in [-0.15, -0.1) is 12.4 Å². The van der Waals surface area contributed by atoms with Crippen molar-refractivity contribution in [1.29, 1.82) is 0 Å². The maximum absolute atomic E-state index is 11.7. The van der Waals surface area contributed by atoms with Crippen molar-refractivity contribution in [2.45, 2.75) is 4.90 Å². The van der Waals surface area contributed by atoms with E-state index in [9.17, 15) is 4.79 Å². The first kappa shape index (κ1) is 27.5. The van der Waals surface area contributed by atoms with E-state index in [4.69, 9.17) is 17.4 Å². The molecule has 0 aliphatic rings. The van der Waals surface area contributed by atoms with Crippen LogP contribution in [0.5, 0.6) is 5.75 Å². The molecular weight excluding hydrogens is 332 g/mol. The second-order valence-corrected chi connectivity index (χ2v) is 3.64. The van der Waals surface area contributed by atoms with Crippen LogP contribution in [0.15, 0.2) is 59.5 Å². The van der Waals surface area contributed by atoms with Gasteiger partial charge in [0.2, 0.25) is 0 Å². The third-order valence-electron chi connectivity index (χ3n) is 2.06. The Morgan fingerprint density at radius 2 is 1.29 bits per heavy atom. The van der Waals surface area contributed by atoms with E-state index in [2.05, 4.69) is 0 Å². The van der Waals surface area contributed by atoms with Crippen molar-refractivity contribution < 1.29 is 28.3 Å². The number of hydrogen-bond acceptors (Lipinski definition) is 2. The predicted molar refractivity (Wildman–Crippen MR) is 81.0 cm³/mol. The molecule has 0 aliphatic heterocycles. The Kier molecular flexibility index (Phi) is 17.2. The quantitative estimate of drug-likeness (QED) is 0.455. The molecule has 0 saturated carbocycles. The Labute approximate surface area is 130 Å². The molecule has 2 nitrogen and oxygen atoms in total. The Morgan fingerprint density at radius 3 is 1.81 bits per heavy atom. The zero-order valence-electron chi connectivity index (χ0n) is 10.5. The zero-order valence-corrected chi connectivity index (χ0v) is 12.1. The molecule has 0 atom stereocenters. The summed E-state index contributed by atoms with van der Waals surface area (Å²) in [7, 11) is 0. The van der Waals surface area contributed by atoms with Gasteiger partial charge >= 0.3 is 5.97 Å². The maximum Gasteiger partial charge on any atom is 0.343 e. The smallest absolute Gasteiger partial charge is 0.343 e. The van der Waals surface area contributed by atoms with Crippen LogP contribution in [0.2, 0.25) is 0 Å². The second-order valence-electron chi connectivity index (χ2n) is 3.20. The molecule has 0 bridgehead atoms. The average molecular weight is 346 g/mol. The highest BCUT2D eigenvalue weighted by Crippen LogP contribution is 2.22. The number of halogens is 5. The highest BCUT2D eigenvalue weighted by atomic mass is 35.5. The highest BCUT2D eigenvalue weighted by Gasteiger charge is 2.09. The lowest BCUT2D eigenvalue weighted by atomic mass is 10.2. The average Bonchev–Trinajstić information content (AvgIpc) is 2.33. The van der Waals surface area contributed by atoms with Crippen LogP contribution in [0.3, 0.4) is 0 Å². The molecule has 2 aromatic carbocycles. The lowest BCUT2D eigenvalue weighted by Gasteiger charge is -2.05. The fourth-order valence-electron chi connectivity index (χ4n) is 1.27. The van der Waals surface area contributed by atoms with Gasteiger partial charge in [0.25, 0.3) is 0 Å². The number of para-hydroxylation sites is 1. The van der Waals surface area contributed by atoms with Crippen molar-refractivity contribution in [3.63, 3.8) is 0 Å². The number of rotatable bonds is 2. The van der Waals surface area contributed by atoms with Gasteiger partial charge in [-0.25, -0.2) is 4.79 Å². The van der Waals surface area contributed by atoms with Gasteiger partial charge in [0, 0.05) is 0 Å². The summed E-state index contributed by atoms with van der Waals surface area (Å²) >= 11 is 5.04. The molecule has 0 aromatic heterocycles. The van der Waals surface area contributed by atoms with Crippen molar-refractivity contribution in [3.05, 3.63) is 60.2 Å². The first-order chi connectivity index (χ1) is 7.77. The molecule has 0 N–H and O–H groups in total. The van der Waals surface area contributed by atoms with Crippen LogP contribution in [-0.4, -0.2) is 5.97 Å². The third-order valence-corrected chi connectivity index (χ3v) is 2.40. The number of esters is 1. The van der Waals surface area contributed by atoms with Crippen LogP contribution >= 0.6 is 25.0 Å². The summed E-state index contributed by atoms with van der Waals surface area (Å²) < 4.78 is 5.19. The van der Waals surface area contributed by atoms with Crippen LogP contribution in [0, 0.1) is 0 Å². The van der Waals surface area contributed by atoms with E-state index in [-0.39, 0.29) is 31.2 Å². The minimum atomic E-state index is -0.391. The third kappa shape index (κ3) is 7.48. The fraction of sp³-hybridized carbons (Fsp3) is 0. The molecule has 0 amide bonds. The van der Waals surface area contributed by atoms with Gasteiger partial charge in [0.05, 0.1) is 10.5 Å². The van der Waals surface area contributed by atoms with Crippen molar-refractivity contribution in [2.75, 3.05) is 0 Å². The van der Waals surface area contributed by atoms with Crippen LogP contribution < -0.4 is 4.74 Å². The number of hydrogen-bond donors (Lipinski definition) is 0. The van der Waals surface area contributed by atoms with E-state index in [1.165, 1.54) is 0 Å². The van der Waals surface area contributed by atoms with E-state index in [0.29, 0.717) is 16.2 Å². The van der Waals surface area contributed by atoms with E-state index in [0.717, 1.165) is 0 Å². The molecule has 0 unspecified atom stereocenters. The summed E-state index contributed by atoms with van der Waals surface area (Å²) in [4.78, 5) is 12.2. The SMILES string of the molecule is Cl.F.F.F.F.O=C(Oc1ccccc1[S])c1ccccc1. The molecule has 1 radical (unpaired) electrons. The topological polar surface area (TPSA) is 26.3 Å². The largest absolute Gasteiger partial charge is 0.421 e. The molecule has 119 valence electrons. The first-order valence-electron chi connectivity index (χ1n) is 4.80. The molecule has 2 aromatic rings. The van der Waals surface area contributed by atoms with Crippen molar-refractivity contribution >= 4 is 31.0 Å². The molecule has 21 heavy (non-hydrogen) atoms. The monoisotopic (exact) mass is 345 g/mol.